The number of nitrogens with one attached hydrogen (secondary N) is 1. The molecule has 0 aliphatic carbocycles. The molecule has 108 valence electrons. The van der Waals surface area contributed by atoms with E-state index in [0.717, 1.165) is 31.4 Å². The molecule has 2 rings (SSSR count). The van der Waals surface area contributed by atoms with Crippen LogP contribution in [0.15, 0.2) is 23.0 Å². The van der Waals surface area contributed by atoms with E-state index < -0.39 is 5.97 Å². The minimum Gasteiger partial charge on any atom is -0.478 e. The number of ether oxygens (including phenoxy) is 1. The van der Waals surface area contributed by atoms with Crippen LogP contribution in [0.4, 0.5) is 0 Å². The number of carbonyl (C=O) groups is 1. The molecule has 2 N–H and O–H groups in total. The fourth-order valence-electron chi connectivity index (χ4n) is 2.21. The summed E-state index contributed by atoms with van der Waals surface area (Å²) in [5, 5.41) is 8.93. The fourth-order valence-corrected chi connectivity index (χ4v) is 2.21. The highest BCUT2D eigenvalue weighted by Crippen LogP contribution is 2.13. The van der Waals surface area contributed by atoms with Gasteiger partial charge >= 0.3 is 11.7 Å². The zero-order valence-electron chi connectivity index (χ0n) is 11.4. The van der Waals surface area contributed by atoms with E-state index in [1.165, 1.54) is 12.1 Å². The second-order valence-electron chi connectivity index (χ2n) is 4.67. The fraction of sp³-hybridized carbons (Fsp3) is 0.429. The second-order valence-corrected chi connectivity index (χ2v) is 4.67. The van der Waals surface area contributed by atoms with Gasteiger partial charge in [0.15, 0.2) is 0 Å². The molecule has 0 radical (unpaired) electrons. The number of rotatable bonds is 7. The van der Waals surface area contributed by atoms with Crippen molar-refractivity contribution < 1.29 is 14.6 Å². The third-order valence-electron chi connectivity index (χ3n) is 3.25. The summed E-state index contributed by atoms with van der Waals surface area (Å²) in [6, 6.07) is 4.67. The Morgan fingerprint density at radius 1 is 1.35 bits per heavy atom. The molecule has 0 amide bonds. The third-order valence-corrected chi connectivity index (χ3v) is 3.25. The van der Waals surface area contributed by atoms with Gasteiger partial charge in [-0.1, -0.05) is 0 Å². The predicted octanol–water partition coefficient (Wildman–Crippen LogP) is 1.84. The minimum absolute atomic E-state index is 0.172. The van der Waals surface area contributed by atoms with Crippen molar-refractivity contribution in [1.29, 1.82) is 0 Å². The Kier molecular flexibility index (Phi) is 4.57. The van der Waals surface area contributed by atoms with Crippen LogP contribution >= 0.6 is 0 Å². The number of H-pyrrole nitrogens is 1. The highest BCUT2D eigenvalue weighted by molar-refractivity contribution is 5.92. The lowest BCUT2D eigenvalue weighted by molar-refractivity contribution is 0.0697. The Balaban J connectivity index is 2.15. The van der Waals surface area contributed by atoms with E-state index in [9.17, 15) is 9.59 Å². The van der Waals surface area contributed by atoms with Gasteiger partial charge in [0.05, 0.1) is 16.6 Å². The van der Waals surface area contributed by atoms with Gasteiger partial charge < -0.3 is 14.8 Å². The van der Waals surface area contributed by atoms with Crippen molar-refractivity contribution in [2.45, 2.75) is 25.8 Å². The average Bonchev–Trinajstić information content (AvgIpc) is 2.73. The van der Waals surface area contributed by atoms with Crippen LogP contribution in [0.3, 0.4) is 0 Å². The summed E-state index contributed by atoms with van der Waals surface area (Å²) in [6.45, 7) is 1.35. The minimum atomic E-state index is -1.000. The molecule has 0 saturated carbocycles. The van der Waals surface area contributed by atoms with Crippen LogP contribution in [0.2, 0.25) is 0 Å². The van der Waals surface area contributed by atoms with E-state index in [-0.39, 0.29) is 11.3 Å². The number of methoxy groups -OCH3 is 1. The lowest BCUT2D eigenvalue weighted by Gasteiger charge is -2.03. The molecular formula is C14H18N2O4. The zero-order chi connectivity index (χ0) is 14.5. The number of unbranched alkanes of at least 4 members (excludes halogenated alkanes) is 2. The summed E-state index contributed by atoms with van der Waals surface area (Å²) >= 11 is 0. The first-order valence-corrected chi connectivity index (χ1v) is 6.58. The molecule has 0 aliphatic heterocycles. The predicted molar refractivity (Wildman–Crippen MR) is 75.2 cm³/mol. The number of carboxylic acid groups (broad SMARTS) is 1. The van der Waals surface area contributed by atoms with E-state index in [2.05, 4.69) is 4.98 Å². The summed E-state index contributed by atoms with van der Waals surface area (Å²) in [5.74, 6) is -1.000. The molecular weight excluding hydrogens is 260 g/mol. The van der Waals surface area contributed by atoms with Crippen molar-refractivity contribution in [3.05, 3.63) is 34.2 Å². The number of aromatic nitrogens is 2. The maximum absolute atomic E-state index is 11.9. The van der Waals surface area contributed by atoms with Gasteiger partial charge in [0.1, 0.15) is 0 Å². The molecule has 0 fully saturated rings. The van der Waals surface area contributed by atoms with Crippen molar-refractivity contribution in [3.63, 3.8) is 0 Å². The van der Waals surface area contributed by atoms with Crippen molar-refractivity contribution in [2.75, 3.05) is 13.7 Å². The summed E-state index contributed by atoms with van der Waals surface area (Å²) in [6.07, 6.45) is 2.84. The molecule has 6 heteroatoms. The second kappa shape index (κ2) is 6.38. The number of aromatic amines is 1. The maximum atomic E-state index is 11.9. The van der Waals surface area contributed by atoms with Crippen molar-refractivity contribution >= 4 is 17.0 Å². The van der Waals surface area contributed by atoms with Crippen LogP contribution in [0.1, 0.15) is 29.6 Å². The Morgan fingerprint density at radius 3 is 2.85 bits per heavy atom. The van der Waals surface area contributed by atoms with E-state index >= 15 is 0 Å². The maximum Gasteiger partial charge on any atom is 0.335 e. The smallest absolute Gasteiger partial charge is 0.335 e. The number of fused-ring (bicyclic) bond motifs is 1. The van der Waals surface area contributed by atoms with Crippen molar-refractivity contribution in [3.8, 4) is 0 Å². The topological polar surface area (TPSA) is 84.3 Å². The van der Waals surface area contributed by atoms with Gasteiger partial charge in [-0.15, -0.1) is 0 Å². The molecule has 1 heterocycles. The highest BCUT2D eigenvalue weighted by atomic mass is 16.5. The summed E-state index contributed by atoms with van der Waals surface area (Å²) < 4.78 is 6.62. The van der Waals surface area contributed by atoms with Crippen LogP contribution in [-0.4, -0.2) is 34.3 Å². The SMILES string of the molecule is COCCCCCn1c(=O)[nH]c2cc(C(=O)O)ccc21. The Morgan fingerprint density at radius 2 is 2.15 bits per heavy atom. The van der Waals surface area contributed by atoms with Gasteiger partial charge in [0.2, 0.25) is 0 Å². The highest BCUT2D eigenvalue weighted by Gasteiger charge is 2.09. The number of carboxylic acids is 1. The number of benzene rings is 1. The Labute approximate surface area is 116 Å². The van der Waals surface area contributed by atoms with Crippen LogP contribution in [0, 0.1) is 0 Å². The quantitative estimate of drug-likeness (QED) is 0.757. The Hall–Kier alpha value is -2.08. The number of aryl methyl sites for hydroxylation is 1. The molecule has 1 aromatic carbocycles. The first-order valence-electron chi connectivity index (χ1n) is 6.58. The van der Waals surface area contributed by atoms with E-state index in [0.29, 0.717) is 12.1 Å². The largest absolute Gasteiger partial charge is 0.478 e. The monoisotopic (exact) mass is 278 g/mol. The van der Waals surface area contributed by atoms with Gasteiger partial charge in [-0.05, 0) is 37.5 Å². The molecule has 0 saturated heterocycles. The van der Waals surface area contributed by atoms with E-state index in [4.69, 9.17) is 9.84 Å². The molecule has 6 nitrogen and oxygen atoms in total. The van der Waals surface area contributed by atoms with E-state index in [1.54, 1.807) is 17.7 Å². The normalized spacial score (nSPS) is 11.1. The number of aromatic carboxylic acids is 1. The summed E-state index contributed by atoms with van der Waals surface area (Å²) in [5.41, 5.74) is 1.28. The molecule has 0 unspecified atom stereocenters. The van der Waals surface area contributed by atoms with Crippen LogP contribution in [-0.2, 0) is 11.3 Å². The molecule has 0 bridgehead atoms. The number of hydrogen-bond acceptors (Lipinski definition) is 3. The van der Waals surface area contributed by atoms with Gasteiger partial charge in [-0.25, -0.2) is 9.59 Å². The summed E-state index contributed by atoms with van der Waals surface area (Å²) in [7, 11) is 1.67. The third kappa shape index (κ3) is 3.08. The standard InChI is InChI=1S/C14H18N2O4/c1-20-8-4-2-3-7-16-12-6-5-10(13(17)18)9-11(12)15-14(16)19/h5-6,9H,2-4,7-8H2,1H3,(H,15,19)(H,17,18). The van der Waals surface area contributed by atoms with E-state index in [1.807, 2.05) is 0 Å². The molecule has 1 aromatic heterocycles. The van der Waals surface area contributed by atoms with Crippen molar-refractivity contribution in [2.24, 2.45) is 0 Å². The molecule has 20 heavy (non-hydrogen) atoms. The Bertz CT molecular complexity index is 657. The van der Waals surface area contributed by atoms with Crippen LogP contribution in [0.25, 0.3) is 11.0 Å². The van der Waals surface area contributed by atoms with Gasteiger partial charge in [-0.2, -0.15) is 0 Å². The van der Waals surface area contributed by atoms with Gasteiger partial charge in [0.25, 0.3) is 0 Å². The number of nitrogens with zero attached hydrogens (tertiary/aromatic N) is 1. The lowest BCUT2D eigenvalue weighted by atomic mass is 10.2. The average molecular weight is 278 g/mol. The summed E-state index contributed by atoms with van der Waals surface area (Å²) in [4.78, 5) is 25.5. The van der Waals surface area contributed by atoms with Crippen molar-refractivity contribution in [1.82, 2.24) is 9.55 Å². The van der Waals surface area contributed by atoms with Crippen LogP contribution in [0.5, 0.6) is 0 Å². The molecule has 0 atom stereocenters. The number of imidazole rings is 1. The molecule has 0 spiro atoms. The van der Waals surface area contributed by atoms with Crippen LogP contribution < -0.4 is 5.69 Å². The van der Waals surface area contributed by atoms with Gasteiger partial charge in [0, 0.05) is 20.3 Å². The first kappa shape index (κ1) is 14.3. The zero-order valence-corrected chi connectivity index (χ0v) is 11.4. The first-order chi connectivity index (χ1) is 9.63. The van der Waals surface area contributed by atoms with Gasteiger partial charge in [-0.3, -0.25) is 4.57 Å². The molecule has 2 aromatic rings. The lowest BCUT2D eigenvalue weighted by Crippen LogP contribution is -2.16. The molecule has 0 aliphatic rings. The number of hydrogen-bond donors (Lipinski definition) is 2.